The molecule has 0 bridgehead atoms. The molecule has 4 heteroatoms. The van der Waals surface area contributed by atoms with Crippen LogP contribution in [0.2, 0.25) is 5.15 Å². The third kappa shape index (κ3) is 2.28. The van der Waals surface area contributed by atoms with Crippen molar-refractivity contribution in [2.75, 3.05) is 0 Å². The molecule has 0 saturated heterocycles. The fourth-order valence-corrected chi connectivity index (χ4v) is 2.67. The van der Waals surface area contributed by atoms with E-state index in [0.29, 0.717) is 5.15 Å². The molecule has 0 radical (unpaired) electrons. The van der Waals surface area contributed by atoms with Crippen LogP contribution in [0.25, 0.3) is 21.0 Å². The predicted octanol–water partition coefficient (Wildman–Crippen LogP) is 4.53. The number of hydrogen-bond acceptors (Lipinski definition) is 3. The highest BCUT2D eigenvalue weighted by atomic mass is 35.5. The van der Waals surface area contributed by atoms with Gasteiger partial charge in [-0.3, -0.25) is 0 Å². The topological polar surface area (TPSA) is 25.8 Å². The van der Waals surface area contributed by atoms with E-state index in [9.17, 15) is 0 Å². The Kier molecular flexibility index (Phi) is 3.09. The summed E-state index contributed by atoms with van der Waals surface area (Å²) >= 11 is 7.42. The van der Waals surface area contributed by atoms with E-state index in [2.05, 4.69) is 22.1 Å². The second-order valence-electron chi connectivity index (χ2n) is 3.77. The van der Waals surface area contributed by atoms with Gasteiger partial charge in [0.05, 0.1) is 4.88 Å². The molecule has 0 amide bonds. The van der Waals surface area contributed by atoms with E-state index in [0.717, 1.165) is 15.4 Å². The van der Waals surface area contributed by atoms with Crippen LogP contribution in [0.3, 0.4) is 0 Å². The number of nitrogens with zero attached hydrogens (tertiary/aromatic N) is 2. The molecule has 18 heavy (non-hydrogen) atoms. The van der Waals surface area contributed by atoms with Gasteiger partial charge in [-0.25, -0.2) is 9.97 Å². The van der Waals surface area contributed by atoms with Crippen molar-refractivity contribution in [2.45, 2.75) is 0 Å². The number of pyridine rings is 1. The molecule has 2 aromatic heterocycles. The molecule has 2 heterocycles. The molecule has 0 aliphatic carbocycles. The van der Waals surface area contributed by atoms with E-state index in [4.69, 9.17) is 11.6 Å². The van der Waals surface area contributed by atoms with E-state index < -0.39 is 0 Å². The molecule has 88 valence electrons. The Bertz CT molecular complexity index is 647. The highest BCUT2D eigenvalue weighted by Gasteiger charge is 2.06. The highest BCUT2D eigenvalue weighted by molar-refractivity contribution is 7.18. The quantitative estimate of drug-likeness (QED) is 0.641. The van der Waals surface area contributed by atoms with Crippen molar-refractivity contribution >= 4 is 22.9 Å². The molecule has 3 rings (SSSR count). The van der Waals surface area contributed by atoms with E-state index in [-0.39, 0.29) is 0 Å². The zero-order valence-electron chi connectivity index (χ0n) is 9.38. The predicted molar refractivity (Wildman–Crippen MR) is 75.8 cm³/mol. The van der Waals surface area contributed by atoms with Gasteiger partial charge in [0.2, 0.25) is 0 Å². The molecule has 1 aromatic carbocycles. The van der Waals surface area contributed by atoms with Gasteiger partial charge < -0.3 is 0 Å². The zero-order valence-corrected chi connectivity index (χ0v) is 10.9. The molecule has 0 spiro atoms. The SMILES string of the molecule is Clc1ccc(-c2ncc(-c3ccccc3)s2)cn1. The first kappa shape index (κ1) is 11.4. The molecule has 0 fully saturated rings. The standard InChI is InChI=1S/C14H9ClN2S/c15-13-7-6-11(8-16-13)14-17-9-12(18-14)10-4-2-1-3-5-10/h1-9H. The van der Waals surface area contributed by atoms with Crippen molar-refractivity contribution in [3.8, 4) is 21.0 Å². The molecule has 0 aliphatic rings. The molecule has 0 aliphatic heterocycles. The van der Waals surface area contributed by atoms with Crippen molar-refractivity contribution in [3.63, 3.8) is 0 Å². The fraction of sp³-hybridized carbons (Fsp3) is 0. The summed E-state index contributed by atoms with van der Waals surface area (Å²) in [6.07, 6.45) is 3.64. The van der Waals surface area contributed by atoms with Gasteiger partial charge in [-0.2, -0.15) is 0 Å². The normalized spacial score (nSPS) is 10.5. The maximum absolute atomic E-state index is 5.77. The zero-order chi connectivity index (χ0) is 12.4. The smallest absolute Gasteiger partial charge is 0.129 e. The highest BCUT2D eigenvalue weighted by Crippen LogP contribution is 2.31. The lowest BCUT2D eigenvalue weighted by molar-refractivity contribution is 1.31. The van der Waals surface area contributed by atoms with Crippen LogP contribution in [-0.2, 0) is 0 Å². The van der Waals surface area contributed by atoms with Crippen molar-refractivity contribution in [1.82, 2.24) is 9.97 Å². The van der Waals surface area contributed by atoms with Crippen molar-refractivity contribution in [2.24, 2.45) is 0 Å². The third-order valence-corrected chi connectivity index (χ3v) is 3.86. The first-order valence-corrected chi connectivity index (χ1v) is 6.65. The minimum atomic E-state index is 0.499. The second kappa shape index (κ2) is 4.88. The molecular formula is C14H9ClN2S. The van der Waals surface area contributed by atoms with Crippen LogP contribution >= 0.6 is 22.9 Å². The van der Waals surface area contributed by atoms with E-state index in [1.54, 1.807) is 23.6 Å². The Balaban J connectivity index is 1.97. The van der Waals surface area contributed by atoms with E-state index in [1.807, 2.05) is 30.5 Å². The lowest BCUT2D eigenvalue weighted by atomic mass is 10.2. The molecule has 0 unspecified atom stereocenters. The third-order valence-electron chi connectivity index (χ3n) is 2.54. The molecular weight excluding hydrogens is 264 g/mol. The maximum atomic E-state index is 5.77. The maximum Gasteiger partial charge on any atom is 0.129 e. The minimum Gasteiger partial charge on any atom is -0.244 e. The number of benzene rings is 1. The van der Waals surface area contributed by atoms with Crippen molar-refractivity contribution in [1.29, 1.82) is 0 Å². The lowest BCUT2D eigenvalue weighted by Gasteiger charge is -1.95. The summed E-state index contributed by atoms with van der Waals surface area (Å²) in [6.45, 7) is 0. The van der Waals surface area contributed by atoms with Gasteiger partial charge in [0, 0.05) is 18.0 Å². The van der Waals surface area contributed by atoms with Crippen LogP contribution in [0.5, 0.6) is 0 Å². The van der Waals surface area contributed by atoms with Gasteiger partial charge >= 0.3 is 0 Å². The summed E-state index contributed by atoms with van der Waals surface area (Å²) in [5, 5.41) is 1.46. The monoisotopic (exact) mass is 272 g/mol. The second-order valence-corrected chi connectivity index (χ2v) is 5.18. The Morgan fingerprint density at radius 3 is 2.39 bits per heavy atom. The molecule has 0 atom stereocenters. The Morgan fingerprint density at radius 2 is 1.67 bits per heavy atom. The average molecular weight is 273 g/mol. The summed E-state index contributed by atoms with van der Waals surface area (Å²) in [4.78, 5) is 9.65. The summed E-state index contributed by atoms with van der Waals surface area (Å²) in [7, 11) is 0. The van der Waals surface area contributed by atoms with Crippen LogP contribution in [0.15, 0.2) is 54.9 Å². The number of thiazole rings is 1. The average Bonchev–Trinajstić information content (AvgIpc) is 2.90. The first-order chi connectivity index (χ1) is 8.83. The van der Waals surface area contributed by atoms with Gasteiger partial charge in [0.15, 0.2) is 0 Å². The van der Waals surface area contributed by atoms with Gasteiger partial charge in [-0.05, 0) is 17.7 Å². The first-order valence-electron chi connectivity index (χ1n) is 5.46. The van der Waals surface area contributed by atoms with Crippen molar-refractivity contribution < 1.29 is 0 Å². The van der Waals surface area contributed by atoms with Gasteiger partial charge in [-0.15, -0.1) is 11.3 Å². The van der Waals surface area contributed by atoms with Crippen molar-refractivity contribution in [3.05, 3.63) is 60.0 Å². The van der Waals surface area contributed by atoms with Gasteiger partial charge in [0.25, 0.3) is 0 Å². The Hall–Kier alpha value is -1.71. The summed E-state index contributed by atoms with van der Waals surface area (Å²) in [5.41, 5.74) is 2.18. The number of rotatable bonds is 2. The number of aromatic nitrogens is 2. The molecule has 3 aromatic rings. The molecule has 0 saturated carbocycles. The Labute approximate surface area is 114 Å². The molecule has 2 nitrogen and oxygen atoms in total. The number of hydrogen-bond donors (Lipinski definition) is 0. The largest absolute Gasteiger partial charge is 0.244 e. The van der Waals surface area contributed by atoms with Crippen LogP contribution in [0.1, 0.15) is 0 Å². The van der Waals surface area contributed by atoms with Gasteiger partial charge in [-0.1, -0.05) is 41.9 Å². The van der Waals surface area contributed by atoms with Gasteiger partial charge in [0.1, 0.15) is 10.2 Å². The Morgan fingerprint density at radius 1 is 0.833 bits per heavy atom. The fourth-order valence-electron chi connectivity index (χ4n) is 1.65. The minimum absolute atomic E-state index is 0.499. The van der Waals surface area contributed by atoms with Crippen LogP contribution in [0.4, 0.5) is 0 Å². The van der Waals surface area contributed by atoms with E-state index in [1.165, 1.54) is 5.56 Å². The van der Waals surface area contributed by atoms with Crippen LogP contribution < -0.4 is 0 Å². The summed E-state index contributed by atoms with van der Waals surface area (Å²) in [6, 6.07) is 13.9. The van der Waals surface area contributed by atoms with Crippen LogP contribution in [-0.4, -0.2) is 9.97 Å². The van der Waals surface area contributed by atoms with Crippen LogP contribution in [0, 0.1) is 0 Å². The molecule has 0 N–H and O–H groups in total. The van der Waals surface area contributed by atoms with E-state index >= 15 is 0 Å². The number of halogens is 1. The summed E-state index contributed by atoms with van der Waals surface area (Å²) in [5.74, 6) is 0. The summed E-state index contributed by atoms with van der Waals surface area (Å²) < 4.78 is 0. The lowest BCUT2D eigenvalue weighted by Crippen LogP contribution is -1.77.